The van der Waals surface area contributed by atoms with Crippen molar-refractivity contribution in [2.24, 2.45) is 0 Å². The minimum absolute atomic E-state index is 0.0443. The smallest absolute Gasteiger partial charge is 0.0541 e. The van der Waals surface area contributed by atoms with Crippen molar-refractivity contribution >= 4 is 0 Å². The third kappa shape index (κ3) is 2.70. The fourth-order valence-electron chi connectivity index (χ4n) is 2.99. The molecule has 0 aromatic heterocycles. The predicted octanol–water partition coefficient (Wildman–Crippen LogP) is 2.44. The Hall–Kier alpha value is -0.860. The van der Waals surface area contributed by atoms with Crippen molar-refractivity contribution in [2.45, 2.75) is 56.2 Å². The largest absolute Gasteiger partial charge is 0.393 e. The van der Waals surface area contributed by atoms with Crippen LogP contribution >= 0.6 is 0 Å². The summed E-state index contributed by atoms with van der Waals surface area (Å²) >= 11 is 0. The van der Waals surface area contributed by atoms with Crippen molar-refractivity contribution < 1.29 is 5.11 Å². The van der Waals surface area contributed by atoms with Crippen LogP contribution in [-0.2, 0) is 0 Å². The second kappa shape index (κ2) is 4.79. The zero-order valence-corrected chi connectivity index (χ0v) is 10.2. The Morgan fingerprint density at radius 1 is 1.00 bits per heavy atom. The van der Waals surface area contributed by atoms with Gasteiger partial charge in [0.05, 0.1) is 6.10 Å². The quantitative estimate of drug-likeness (QED) is 0.837. The van der Waals surface area contributed by atoms with E-state index in [1.807, 2.05) is 0 Å². The Kier molecular flexibility index (Phi) is 3.17. The summed E-state index contributed by atoms with van der Waals surface area (Å²) in [5.41, 5.74) is 1.47. The van der Waals surface area contributed by atoms with Crippen LogP contribution < -0.4 is 5.32 Å². The fraction of sp³-hybridized carbons (Fsp3) is 0.600. The summed E-state index contributed by atoms with van der Waals surface area (Å²) in [7, 11) is 0. The Morgan fingerprint density at radius 2 is 1.71 bits per heavy atom. The van der Waals surface area contributed by atoms with E-state index in [1.165, 1.54) is 12.0 Å². The number of hydrogen-bond acceptors (Lipinski definition) is 2. The van der Waals surface area contributed by atoms with Crippen molar-refractivity contribution in [3.05, 3.63) is 35.9 Å². The highest BCUT2D eigenvalue weighted by atomic mass is 16.3. The first-order chi connectivity index (χ1) is 8.33. The van der Waals surface area contributed by atoms with E-state index in [0.29, 0.717) is 12.1 Å². The lowest BCUT2D eigenvalue weighted by molar-refractivity contribution is 0.116. The molecule has 0 radical (unpaired) electrons. The van der Waals surface area contributed by atoms with E-state index in [0.717, 1.165) is 31.6 Å². The zero-order valence-electron chi connectivity index (χ0n) is 10.2. The first-order valence-corrected chi connectivity index (χ1v) is 6.82. The third-order valence-corrected chi connectivity index (χ3v) is 4.16. The summed E-state index contributed by atoms with van der Waals surface area (Å²) < 4.78 is 0. The molecule has 2 N–H and O–H groups in total. The summed E-state index contributed by atoms with van der Waals surface area (Å²) in [5.74, 6) is 0.725. The lowest BCUT2D eigenvalue weighted by atomic mass is 9.93. The van der Waals surface area contributed by atoms with Crippen LogP contribution in [-0.4, -0.2) is 23.3 Å². The highest BCUT2D eigenvalue weighted by Gasteiger charge is 2.39. The molecule has 2 atom stereocenters. The van der Waals surface area contributed by atoms with E-state index >= 15 is 0 Å². The average Bonchev–Trinajstić information content (AvgIpc) is 3.13. The molecule has 2 saturated carbocycles. The van der Waals surface area contributed by atoms with Gasteiger partial charge in [-0.3, -0.25) is 0 Å². The molecule has 17 heavy (non-hydrogen) atoms. The van der Waals surface area contributed by atoms with Gasteiger partial charge in [-0.2, -0.15) is 0 Å². The Labute approximate surface area is 103 Å². The fourth-order valence-corrected chi connectivity index (χ4v) is 2.99. The third-order valence-electron chi connectivity index (χ3n) is 4.16. The molecule has 0 spiro atoms. The van der Waals surface area contributed by atoms with Crippen molar-refractivity contribution in [3.63, 3.8) is 0 Å². The number of nitrogens with one attached hydrogen (secondary N) is 1. The minimum Gasteiger partial charge on any atom is -0.393 e. The molecule has 2 fully saturated rings. The standard InChI is InChI=1S/C15H21NO/c17-13-8-6-12(7-9-13)16-15-10-14(15)11-4-2-1-3-5-11/h1-5,12-17H,6-10H2. The second-order valence-electron chi connectivity index (χ2n) is 5.53. The highest BCUT2D eigenvalue weighted by Crippen LogP contribution is 2.41. The van der Waals surface area contributed by atoms with Gasteiger partial charge < -0.3 is 10.4 Å². The molecule has 2 aliphatic carbocycles. The molecule has 2 unspecified atom stereocenters. The number of aliphatic hydroxyl groups excluding tert-OH is 1. The van der Waals surface area contributed by atoms with Crippen LogP contribution in [0.15, 0.2) is 30.3 Å². The SMILES string of the molecule is OC1CCC(NC2CC2c2ccccc2)CC1. The van der Waals surface area contributed by atoms with Crippen LogP contribution in [0.1, 0.15) is 43.6 Å². The Balaban J connectivity index is 1.49. The summed E-state index contributed by atoms with van der Waals surface area (Å²) in [4.78, 5) is 0. The highest BCUT2D eigenvalue weighted by molar-refractivity contribution is 5.27. The van der Waals surface area contributed by atoms with Gasteiger partial charge >= 0.3 is 0 Å². The van der Waals surface area contributed by atoms with Crippen molar-refractivity contribution in [2.75, 3.05) is 0 Å². The van der Waals surface area contributed by atoms with Gasteiger partial charge in [0.2, 0.25) is 0 Å². The van der Waals surface area contributed by atoms with E-state index in [9.17, 15) is 5.11 Å². The molecule has 0 amide bonds. The topological polar surface area (TPSA) is 32.3 Å². The summed E-state index contributed by atoms with van der Waals surface area (Å²) in [5, 5.41) is 13.2. The van der Waals surface area contributed by atoms with E-state index in [-0.39, 0.29) is 6.10 Å². The van der Waals surface area contributed by atoms with Gasteiger partial charge in [-0.25, -0.2) is 0 Å². The van der Waals surface area contributed by atoms with Gasteiger partial charge in [-0.05, 0) is 37.7 Å². The van der Waals surface area contributed by atoms with Crippen LogP contribution in [0.4, 0.5) is 0 Å². The number of benzene rings is 1. The summed E-state index contributed by atoms with van der Waals surface area (Å²) in [6, 6.07) is 12.1. The van der Waals surface area contributed by atoms with Crippen LogP contribution in [0.2, 0.25) is 0 Å². The molecule has 1 aromatic rings. The van der Waals surface area contributed by atoms with Gasteiger partial charge in [0.15, 0.2) is 0 Å². The van der Waals surface area contributed by atoms with E-state index in [2.05, 4.69) is 35.6 Å². The molecule has 0 aliphatic heterocycles. The molecular weight excluding hydrogens is 210 g/mol. The molecule has 3 rings (SSSR count). The first-order valence-electron chi connectivity index (χ1n) is 6.82. The zero-order chi connectivity index (χ0) is 11.7. The lowest BCUT2D eigenvalue weighted by Gasteiger charge is -2.26. The van der Waals surface area contributed by atoms with Crippen LogP contribution in [0, 0.1) is 0 Å². The maximum atomic E-state index is 9.48. The van der Waals surface area contributed by atoms with Crippen LogP contribution in [0.25, 0.3) is 0 Å². The molecule has 2 aliphatic rings. The van der Waals surface area contributed by atoms with Crippen LogP contribution in [0.5, 0.6) is 0 Å². The molecule has 0 saturated heterocycles. The van der Waals surface area contributed by atoms with Crippen molar-refractivity contribution in [1.29, 1.82) is 0 Å². The molecule has 2 nitrogen and oxygen atoms in total. The Bertz CT molecular complexity index is 356. The van der Waals surface area contributed by atoms with Gasteiger partial charge in [0, 0.05) is 18.0 Å². The Morgan fingerprint density at radius 3 is 2.41 bits per heavy atom. The van der Waals surface area contributed by atoms with Crippen molar-refractivity contribution in [3.8, 4) is 0 Å². The minimum atomic E-state index is -0.0443. The number of rotatable bonds is 3. The molecule has 2 heteroatoms. The van der Waals surface area contributed by atoms with Crippen molar-refractivity contribution in [1.82, 2.24) is 5.32 Å². The van der Waals surface area contributed by atoms with E-state index in [1.54, 1.807) is 0 Å². The molecule has 1 aromatic carbocycles. The molecule has 0 heterocycles. The maximum absolute atomic E-state index is 9.48. The van der Waals surface area contributed by atoms with E-state index in [4.69, 9.17) is 0 Å². The van der Waals surface area contributed by atoms with Crippen LogP contribution in [0.3, 0.4) is 0 Å². The average molecular weight is 231 g/mol. The van der Waals surface area contributed by atoms with Gasteiger partial charge in [-0.15, -0.1) is 0 Å². The molecule has 92 valence electrons. The summed E-state index contributed by atoms with van der Waals surface area (Å²) in [6.07, 6.45) is 5.46. The molecule has 0 bridgehead atoms. The van der Waals surface area contributed by atoms with Gasteiger partial charge in [0.1, 0.15) is 0 Å². The maximum Gasteiger partial charge on any atom is 0.0541 e. The number of aliphatic hydroxyl groups is 1. The summed E-state index contributed by atoms with van der Waals surface area (Å²) in [6.45, 7) is 0. The van der Waals surface area contributed by atoms with Gasteiger partial charge in [0.25, 0.3) is 0 Å². The monoisotopic (exact) mass is 231 g/mol. The predicted molar refractivity (Wildman–Crippen MR) is 69.0 cm³/mol. The normalized spacial score (nSPS) is 36.8. The van der Waals surface area contributed by atoms with Gasteiger partial charge in [-0.1, -0.05) is 30.3 Å². The van der Waals surface area contributed by atoms with E-state index < -0.39 is 0 Å². The molecular formula is C15H21NO. The second-order valence-corrected chi connectivity index (χ2v) is 5.53. The lowest BCUT2D eigenvalue weighted by Crippen LogP contribution is -2.36. The number of hydrogen-bond donors (Lipinski definition) is 2. The first kappa shape index (κ1) is 11.2.